The summed E-state index contributed by atoms with van der Waals surface area (Å²) >= 11 is 0. The van der Waals surface area contributed by atoms with Crippen LogP contribution in [0.3, 0.4) is 0 Å². The van der Waals surface area contributed by atoms with Crippen molar-refractivity contribution in [2.24, 2.45) is 0 Å². The Bertz CT molecular complexity index is 523. The number of hydrogen-bond donors (Lipinski definition) is 1. The van der Waals surface area contributed by atoms with Crippen molar-refractivity contribution in [3.63, 3.8) is 0 Å². The average molecular weight is 256 g/mol. The van der Waals surface area contributed by atoms with Crippen LogP contribution in [0.1, 0.15) is 28.4 Å². The number of aryl methyl sites for hydroxylation is 3. The molecule has 0 amide bonds. The van der Waals surface area contributed by atoms with E-state index < -0.39 is 6.10 Å². The third-order valence-corrected chi connectivity index (χ3v) is 3.17. The molecule has 0 fully saturated rings. The molecule has 2 rings (SSSR count). The van der Waals surface area contributed by atoms with E-state index in [1.807, 2.05) is 44.2 Å². The molecule has 2 nitrogen and oxygen atoms in total. The zero-order chi connectivity index (χ0) is 13.8. The van der Waals surface area contributed by atoms with Crippen molar-refractivity contribution >= 4 is 0 Å². The van der Waals surface area contributed by atoms with Crippen LogP contribution in [0.15, 0.2) is 42.5 Å². The summed E-state index contributed by atoms with van der Waals surface area (Å²) in [5.74, 6) is 0.876. The van der Waals surface area contributed by atoms with Gasteiger partial charge in [0, 0.05) is 0 Å². The first-order valence-electron chi connectivity index (χ1n) is 6.51. The van der Waals surface area contributed by atoms with E-state index in [0.717, 1.165) is 22.4 Å². The van der Waals surface area contributed by atoms with Gasteiger partial charge in [-0.05, 0) is 37.5 Å². The number of benzene rings is 2. The molecule has 0 aliphatic carbocycles. The van der Waals surface area contributed by atoms with Gasteiger partial charge in [0.25, 0.3) is 0 Å². The fraction of sp³-hybridized carbons (Fsp3) is 0.294. The van der Waals surface area contributed by atoms with Gasteiger partial charge in [-0.2, -0.15) is 0 Å². The largest absolute Gasteiger partial charge is 0.490 e. The summed E-state index contributed by atoms with van der Waals surface area (Å²) < 4.78 is 5.79. The van der Waals surface area contributed by atoms with Crippen LogP contribution in [0, 0.1) is 20.8 Å². The first-order valence-corrected chi connectivity index (χ1v) is 6.51. The van der Waals surface area contributed by atoms with Crippen molar-refractivity contribution in [1.29, 1.82) is 0 Å². The molecule has 2 heteroatoms. The highest BCUT2D eigenvalue weighted by molar-refractivity contribution is 5.43. The molecule has 2 aromatic carbocycles. The van der Waals surface area contributed by atoms with Crippen LogP contribution in [0.5, 0.6) is 5.75 Å². The smallest absolute Gasteiger partial charge is 0.125 e. The zero-order valence-electron chi connectivity index (χ0n) is 11.7. The summed E-state index contributed by atoms with van der Waals surface area (Å²) in [5, 5.41) is 10.1. The Morgan fingerprint density at radius 1 is 1.00 bits per heavy atom. The molecule has 0 heterocycles. The third kappa shape index (κ3) is 3.36. The predicted octanol–water partition coefficient (Wildman–Crippen LogP) is 3.72. The maximum Gasteiger partial charge on any atom is 0.125 e. The molecule has 0 spiro atoms. The van der Waals surface area contributed by atoms with Crippen molar-refractivity contribution in [1.82, 2.24) is 0 Å². The summed E-state index contributed by atoms with van der Waals surface area (Å²) in [7, 11) is 0. The molecule has 19 heavy (non-hydrogen) atoms. The van der Waals surface area contributed by atoms with Crippen LogP contribution < -0.4 is 4.74 Å². The second-order valence-electron chi connectivity index (χ2n) is 4.97. The standard InChI is InChI=1S/C17H20O2/c1-12-9-13(2)17(14(3)10-12)19-11-16(18)15-7-5-4-6-8-15/h4-10,16,18H,11H2,1-3H3. The number of rotatable bonds is 4. The monoisotopic (exact) mass is 256 g/mol. The van der Waals surface area contributed by atoms with Crippen LogP contribution >= 0.6 is 0 Å². The highest BCUT2D eigenvalue weighted by atomic mass is 16.5. The molecule has 0 aliphatic heterocycles. The van der Waals surface area contributed by atoms with E-state index in [2.05, 4.69) is 19.1 Å². The Kier molecular flexibility index (Phi) is 4.23. The fourth-order valence-corrected chi connectivity index (χ4v) is 2.33. The lowest BCUT2D eigenvalue weighted by molar-refractivity contribution is 0.107. The van der Waals surface area contributed by atoms with Crippen molar-refractivity contribution in [3.8, 4) is 5.75 Å². The molecule has 100 valence electrons. The van der Waals surface area contributed by atoms with Gasteiger partial charge in [-0.3, -0.25) is 0 Å². The number of hydrogen-bond acceptors (Lipinski definition) is 2. The number of aliphatic hydroxyl groups excluding tert-OH is 1. The van der Waals surface area contributed by atoms with E-state index in [0.29, 0.717) is 0 Å². The second kappa shape index (κ2) is 5.89. The van der Waals surface area contributed by atoms with Gasteiger partial charge in [0.1, 0.15) is 18.5 Å². The topological polar surface area (TPSA) is 29.5 Å². The molecular formula is C17H20O2. The number of ether oxygens (including phenoxy) is 1. The Labute approximate surface area is 114 Å². The lowest BCUT2D eigenvalue weighted by atomic mass is 10.1. The molecule has 2 aromatic rings. The first kappa shape index (κ1) is 13.6. The van der Waals surface area contributed by atoms with E-state index in [9.17, 15) is 5.11 Å². The van der Waals surface area contributed by atoms with Gasteiger partial charge in [-0.1, -0.05) is 48.0 Å². The summed E-state index contributed by atoms with van der Waals surface area (Å²) in [6.45, 7) is 6.41. The van der Waals surface area contributed by atoms with Crippen molar-refractivity contribution in [2.45, 2.75) is 26.9 Å². The van der Waals surface area contributed by atoms with E-state index in [4.69, 9.17) is 4.74 Å². The summed E-state index contributed by atoms with van der Waals surface area (Å²) in [6, 6.07) is 13.8. The molecule has 0 aromatic heterocycles. The van der Waals surface area contributed by atoms with Crippen molar-refractivity contribution in [3.05, 3.63) is 64.7 Å². The maximum absolute atomic E-state index is 10.1. The second-order valence-corrected chi connectivity index (χ2v) is 4.97. The highest BCUT2D eigenvalue weighted by Gasteiger charge is 2.10. The lowest BCUT2D eigenvalue weighted by Gasteiger charge is -2.16. The molecule has 1 unspecified atom stereocenters. The number of aliphatic hydroxyl groups is 1. The minimum atomic E-state index is -0.596. The predicted molar refractivity (Wildman–Crippen MR) is 77.5 cm³/mol. The zero-order valence-corrected chi connectivity index (χ0v) is 11.7. The minimum Gasteiger partial charge on any atom is -0.490 e. The van der Waals surface area contributed by atoms with Crippen LogP contribution in [0.25, 0.3) is 0 Å². The van der Waals surface area contributed by atoms with Crippen LogP contribution in [0.4, 0.5) is 0 Å². The molecule has 0 radical (unpaired) electrons. The van der Waals surface area contributed by atoms with Gasteiger partial charge < -0.3 is 9.84 Å². The molecule has 1 N–H and O–H groups in total. The van der Waals surface area contributed by atoms with Gasteiger partial charge in [-0.15, -0.1) is 0 Å². The Morgan fingerprint density at radius 3 is 2.16 bits per heavy atom. The Hall–Kier alpha value is -1.80. The third-order valence-electron chi connectivity index (χ3n) is 3.17. The molecule has 1 atom stereocenters. The first-order chi connectivity index (χ1) is 9.08. The van der Waals surface area contributed by atoms with Gasteiger partial charge in [0.05, 0.1) is 0 Å². The van der Waals surface area contributed by atoms with E-state index in [-0.39, 0.29) is 6.61 Å². The van der Waals surface area contributed by atoms with Gasteiger partial charge in [0.15, 0.2) is 0 Å². The van der Waals surface area contributed by atoms with Crippen molar-refractivity contribution < 1.29 is 9.84 Å². The normalized spacial score (nSPS) is 12.2. The molecule has 0 bridgehead atoms. The van der Waals surface area contributed by atoms with Gasteiger partial charge in [-0.25, -0.2) is 0 Å². The van der Waals surface area contributed by atoms with Gasteiger partial charge >= 0.3 is 0 Å². The lowest BCUT2D eigenvalue weighted by Crippen LogP contribution is -2.10. The van der Waals surface area contributed by atoms with Crippen LogP contribution in [0.2, 0.25) is 0 Å². The Balaban J connectivity index is 2.07. The fourth-order valence-electron chi connectivity index (χ4n) is 2.33. The molecular weight excluding hydrogens is 236 g/mol. The van der Waals surface area contributed by atoms with Crippen LogP contribution in [-0.4, -0.2) is 11.7 Å². The van der Waals surface area contributed by atoms with Crippen molar-refractivity contribution in [2.75, 3.05) is 6.61 Å². The van der Waals surface area contributed by atoms with E-state index >= 15 is 0 Å². The minimum absolute atomic E-state index is 0.273. The van der Waals surface area contributed by atoms with E-state index in [1.54, 1.807) is 0 Å². The quantitative estimate of drug-likeness (QED) is 0.903. The summed E-state index contributed by atoms with van der Waals surface area (Å²) in [5.41, 5.74) is 4.33. The van der Waals surface area contributed by atoms with Crippen LogP contribution in [-0.2, 0) is 0 Å². The molecule has 0 saturated heterocycles. The highest BCUT2D eigenvalue weighted by Crippen LogP contribution is 2.25. The SMILES string of the molecule is Cc1cc(C)c(OCC(O)c2ccccc2)c(C)c1. The molecule has 0 saturated carbocycles. The average Bonchev–Trinajstić information content (AvgIpc) is 2.38. The van der Waals surface area contributed by atoms with Gasteiger partial charge in [0.2, 0.25) is 0 Å². The summed E-state index contributed by atoms with van der Waals surface area (Å²) in [4.78, 5) is 0. The Morgan fingerprint density at radius 2 is 1.58 bits per heavy atom. The van der Waals surface area contributed by atoms with E-state index in [1.165, 1.54) is 5.56 Å². The maximum atomic E-state index is 10.1. The molecule has 0 aliphatic rings. The summed E-state index contributed by atoms with van der Waals surface area (Å²) in [6.07, 6.45) is -0.596.